The zero-order valence-electron chi connectivity index (χ0n) is 10.7. The van der Waals surface area contributed by atoms with Crippen molar-refractivity contribution in [2.75, 3.05) is 6.61 Å². The third-order valence-electron chi connectivity index (χ3n) is 4.40. The Balaban J connectivity index is 2.18. The lowest BCUT2D eigenvalue weighted by Gasteiger charge is -2.34. The van der Waals surface area contributed by atoms with E-state index in [0.717, 1.165) is 31.2 Å². The van der Waals surface area contributed by atoms with E-state index in [1.54, 1.807) is 6.07 Å². The van der Waals surface area contributed by atoms with Gasteiger partial charge in [-0.1, -0.05) is 25.3 Å². The van der Waals surface area contributed by atoms with Crippen molar-refractivity contribution in [1.29, 1.82) is 0 Å². The fourth-order valence-corrected chi connectivity index (χ4v) is 3.40. The second kappa shape index (κ2) is 4.51. The Morgan fingerprint density at radius 1 is 1.26 bits per heavy atom. The Hall–Kier alpha value is -1.58. The van der Waals surface area contributed by atoms with E-state index in [-0.39, 0.29) is 5.56 Å². The summed E-state index contributed by atoms with van der Waals surface area (Å²) in [6.07, 6.45) is 4.41. The van der Waals surface area contributed by atoms with E-state index in [0.29, 0.717) is 25.2 Å². The molecular weight excluding hydrogens is 247 g/mol. The molecule has 0 saturated heterocycles. The second-order valence-corrected chi connectivity index (χ2v) is 5.46. The minimum atomic E-state index is -1.10. The number of rotatable bonds is 2. The largest absolute Gasteiger partial charge is 0.493 e. The van der Waals surface area contributed by atoms with Crippen molar-refractivity contribution >= 4 is 5.97 Å². The van der Waals surface area contributed by atoms with Crippen LogP contribution in [0.3, 0.4) is 0 Å². The molecule has 1 fully saturated rings. The third-order valence-corrected chi connectivity index (χ3v) is 4.40. The van der Waals surface area contributed by atoms with Crippen molar-refractivity contribution in [2.45, 2.75) is 43.9 Å². The van der Waals surface area contributed by atoms with Crippen LogP contribution in [0.25, 0.3) is 0 Å². The fraction of sp³-hybridized carbons (Fsp3) is 0.533. The summed E-state index contributed by atoms with van der Waals surface area (Å²) in [7, 11) is 0. The van der Waals surface area contributed by atoms with Crippen LogP contribution >= 0.6 is 0 Å². The van der Waals surface area contributed by atoms with Gasteiger partial charge in [0.2, 0.25) is 0 Å². The lowest BCUT2D eigenvalue weighted by molar-refractivity contribution is -0.145. The smallest absolute Gasteiger partial charge is 0.314 e. The molecule has 3 rings (SSSR count). The first-order valence-electron chi connectivity index (χ1n) is 6.83. The van der Waals surface area contributed by atoms with E-state index in [9.17, 15) is 14.3 Å². The molecule has 1 aromatic rings. The van der Waals surface area contributed by atoms with E-state index >= 15 is 0 Å². The highest BCUT2D eigenvalue weighted by atomic mass is 19.1. The summed E-state index contributed by atoms with van der Waals surface area (Å²) in [5.74, 6) is -0.871. The summed E-state index contributed by atoms with van der Waals surface area (Å²) >= 11 is 0. The highest BCUT2D eigenvalue weighted by Gasteiger charge is 2.46. The van der Waals surface area contributed by atoms with E-state index in [4.69, 9.17) is 4.74 Å². The molecule has 1 heterocycles. The predicted octanol–water partition coefficient (Wildman–Crippen LogP) is 3.05. The number of benzene rings is 1. The van der Waals surface area contributed by atoms with Gasteiger partial charge in [0.25, 0.3) is 0 Å². The van der Waals surface area contributed by atoms with Crippen LogP contribution in [0.2, 0.25) is 0 Å². The van der Waals surface area contributed by atoms with E-state index < -0.39 is 17.2 Å². The normalized spacial score (nSPS) is 20.7. The average molecular weight is 264 g/mol. The topological polar surface area (TPSA) is 46.5 Å². The lowest BCUT2D eigenvalue weighted by Crippen LogP contribution is -2.39. The molecule has 0 aromatic heterocycles. The predicted molar refractivity (Wildman–Crippen MR) is 68.0 cm³/mol. The van der Waals surface area contributed by atoms with Crippen molar-refractivity contribution in [1.82, 2.24) is 0 Å². The van der Waals surface area contributed by atoms with Gasteiger partial charge in [-0.05, 0) is 24.5 Å². The molecule has 1 N–H and O–H groups in total. The number of hydrogen-bond donors (Lipinski definition) is 1. The summed E-state index contributed by atoms with van der Waals surface area (Å²) in [6.45, 7) is 0.515. The maximum Gasteiger partial charge on any atom is 0.314 e. The van der Waals surface area contributed by atoms with Crippen molar-refractivity contribution in [3.8, 4) is 5.75 Å². The van der Waals surface area contributed by atoms with Crippen molar-refractivity contribution in [3.63, 3.8) is 0 Å². The number of carboxylic acids is 1. The molecule has 1 saturated carbocycles. The van der Waals surface area contributed by atoms with Crippen LogP contribution in [0.5, 0.6) is 5.75 Å². The summed E-state index contributed by atoms with van der Waals surface area (Å²) in [6, 6.07) is 3.10. The van der Waals surface area contributed by atoms with Crippen molar-refractivity contribution in [3.05, 3.63) is 29.1 Å². The van der Waals surface area contributed by atoms with Gasteiger partial charge in [-0.25, -0.2) is 4.39 Å². The summed E-state index contributed by atoms with van der Waals surface area (Å²) in [5, 5.41) is 9.68. The minimum Gasteiger partial charge on any atom is -0.493 e. The molecule has 0 unspecified atom stereocenters. The quantitative estimate of drug-likeness (QED) is 0.893. The molecule has 4 heteroatoms. The number of ether oxygens (including phenoxy) is 1. The summed E-state index contributed by atoms with van der Waals surface area (Å²) in [4.78, 5) is 11.8. The number of fused-ring (bicyclic) bond motifs is 1. The van der Waals surface area contributed by atoms with E-state index in [2.05, 4.69) is 0 Å². The Labute approximate surface area is 111 Å². The Morgan fingerprint density at radius 2 is 2.00 bits per heavy atom. The first kappa shape index (κ1) is 12.5. The maximum absolute atomic E-state index is 14.3. The van der Waals surface area contributed by atoms with Crippen LogP contribution in [0.4, 0.5) is 4.39 Å². The van der Waals surface area contributed by atoms with Gasteiger partial charge in [-0.3, -0.25) is 4.79 Å². The second-order valence-electron chi connectivity index (χ2n) is 5.46. The van der Waals surface area contributed by atoms with Gasteiger partial charge in [0.15, 0.2) is 0 Å². The van der Waals surface area contributed by atoms with Gasteiger partial charge in [0.05, 0.1) is 12.0 Å². The summed E-state index contributed by atoms with van der Waals surface area (Å²) in [5.41, 5.74) is 0.121. The monoisotopic (exact) mass is 264 g/mol. The molecule has 1 aliphatic heterocycles. The van der Waals surface area contributed by atoms with Gasteiger partial charge >= 0.3 is 5.97 Å². The van der Waals surface area contributed by atoms with Crippen LogP contribution in [0.1, 0.15) is 43.2 Å². The highest BCUT2D eigenvalue weighted by molar-refractivity contribution is 5.83. The number of aliphatic carboxylic acids is 1. The molecule has 0 atom stereocenters. The first-order chi connectivity index (χ1) is 9.15. The summed E-state index contributed by atoms with van der Waals surface area (Å²) < 4.78 is 19.8. The van der Waals surface area contributed by atoms with Crippen LogP contribution in [-0.2, 0) is 16.6 Å². The fourth-order valence-electron chi connectivity index (χ4n) is 3.40. The molecule has 0 radical (unpaired) electrons. The molecule has 0 spiro atoms. The maximum atomic E-state index is 14.3. The SMILES string of the molecule is O=C(O)C1(c2c(F)ccc3c2OCC3)CCCCC1. The van der Waals surface area contributed by atoms with Gasteiger partial charge in [-0.15, -0.1) is 0 Å². The standard InChI is InChI=1S/C15H17FO3/c16-11-5-4-10-6-9-19-13(10)12(11)15(14(17)18)7-2-1-3-8-15/h4-5H,1-3,6-9H2,(H,17,18). The Morgan fingerprint density at radius 3 is 2.68 bits per heavy atom. The van der Waals surface area contributed by atoms with Crippen LogP contribution < -0.4 is 4.74 Å². The van der Waals surface area contributed by atoms with Gasteiger partial charge in [-0.2, -0.15) is 0 Å². The van der Waals surface area contributed by atoms with E-state index in [1.165, 1.54) is 6.07 Å². The van der Waals surface area contributed by atoms with Gasteiger partial charge in [0, 0.05) is 12.0 Å². The number of carboxylic acid groups (broad SMARTS) is 1. The molecule has 102 valence electrons. The van der Waals surface area contributed by atoms with Crippen molar-refractivity contribution in [2.24, 2.45) is 0 Å². The van der Waals surface area contributed by atoms with Crippen molar-refractivity contribution < 1.29 is 19.0 Å². The molecular formula is C15H17FO3. The van der Waals surface area contributed by atoms with Crippen LogP contribution in [-0.4, -0.2) is 17.7 Å². The van der Waals surface area contributed by atoms with Gasteiger partial charge in [0.1, 0.15) is 11.6 Å². The zero-order chi connectivity index (χ0) is 13.5. The number of halogens is 1. The number of carbonyl (C=O) groups is 1. The van der Waals surface area contributed by atoms with E-state index in [1.807, 2.05) is 0 Å². The minimum absolute atomic E-state index is 0.287. The Kier molecular flexibility index (Phi) is 2.96. The molecule has 1 aliphatic carbocycles. The highest BCUT2D eigenvalue weighted by Crippen LogP contribution is 2.47. The third kappa shape index (κ3) is 1.81. The average Bonchev–Trinajstić information content (AvgIpc) is 2.87. The lowest BCUT2D eigenvalue weighted by atomic mass is 9.68. The molecule has 0 bridgehead atoms. The molecule has 19 heavy (non-hydrogen) atoms. The Bertz CT molecular complexity index is 518. The zero-order valence-corrected chi connectivity index (χ0v) is 10.7. The molecule has 2 aliphatic rings. The van der Waals surface area contributed by atoms with Crippen LogP contribution in [0, 0.1) is 5.82 Å². The first-order valence-corrected chi connectivity index (χ1v) is 6.83. The number of hydrogen-bond acceptors (Lipinski definition) is 2. The molecule has 3 nitrogen and oxygen atoms in total. The molecule has 0 amide bonds. The molecule has 1 aromatic carbocycles. The van der Waals surface area contributed by atoms with Gasteiger partial charge < -0.3 is 9.84 Å². The van der Waals surface area contributed by atoms with Crippen LogP contribution in [0.15, 0.2) is 12.1 Å².